The second kappa shape index (κ2) is 4.33. The van der Waals surface area contributed by atoms with Gasteiger partial charge in [-0.05, 0) is 29.6 Å². The van der Waals surface area contributed by atoms with Crippen molar-refractivity contribution in [3.63, 3.8) is 0 Å². The van der Waals surface area contributed by atoms with E-state index in [1.54, 1.807) is 0 Å². The smallest absolute Gasteiger partial charge is 0.422 e. The number of benzene rings is 1. The van der Waals surface area contributed by atoms with Gasteiger partial charge in [0.2, 0.25) is 0 Å². The van der Waals surface area contributed by atoms with Crippen LogP contribution in [0.15, 0.2) is 24.3 Å². The molecule has 1 aromatic rings. The van der Waals surface area contributed by atoms with Crippen LogP contribution in [0, 0.1) is 0 Å². The molecular weight excluding hydrogens is 221 g/mol. The molecule has 7 heteroatoms. The Balaban J connectivity index is 2.57. The van der Waals surface area contributed by atoms with Gasteiger partial charge in [0.05, 0.1) is 0 Å². The monoisotopic (exact) mass is 227 g/mol. The largest absolute Gasteiger partial charge is 0.484 e. The molecule has 15 heavy (non-hydrogen) atoms. The van der Waals surface area contributed by atoms with Gasteiger partial charge in [-0.3, -0.25) is 0 Å². The Morgan fingerprint density at radius 3 is 2.00 bits per heavy atom. The van der Waals surface area contributed by atoms with Crippen molar-refractivity contribution < 1.29 is 26.9 Å². The molecule has 0 heterocycles. The van der Waals surface area contributed by atoms with Crippen LogP contribution in [-0.2, 0) is 0 Å². The van der Waals surface area contributed by atoms with Gasteiger partial charge in [0, 0.05) is 0 Å². The van der Waals surface area contributed by atoms with E-state index in [0.29, 0.717) is 0 Å². The van der Waals surface area contributed by atoms with Crippen molar-refractivity contribution in [3.8, 4) is 5.75 Å². The van der Waals surface area contributed by atoms with Crippen molar-refractivity contribution in [1.29, 1.82) is 0 Å². The summed E-state index contributed by atoms with van der Waals surface area (Å²) in [6.07, 6.45) is -4.44. The zero-order chi connectivity index (χ0) is 11.5. The standard InChI is InChI=1S/C8H6F5NO/c9-8(10,11)5-15-7-3-1-6(2-4-7)14(12)13/h1-4H,5H2. The normalized spacial score (nSPS) is 11.3. The van der Waals surface area contributed by atoms with Crippen LogP contribution in [0.4, 0.5) is 27.8 Å². The molecule has 84 valence electrons. The van der Waals surface area contributed by atoms with Gasteiger partial charge in [-0.1, -0.05) is 8.96 Å². The second-order valence-corrected chi connectivity index (χ2v) is 2.63. The van der Waals surface area contributed by atoms with E-state index < -0.39 is 23.8 Å². The molecular formula is C8H6F5NO. The topological polar surface area (TPSA) is 12.5 Å². The fraction of sp³-hybridized carbons (Fsp3) is 0.250. The maximum absolute atomic E-state index is 11.9. The van der Waals surface area contributed by atoms with Crippen molar-refractivity contribution in [2.45, 2.75) is 6.18 Å². The molecule has 0 aliphatic carbocycles. The lowest BCUT2D eigenvalue weighted by molar-refractivity contribution is -0.153. The van der Waals surface area contributed by atoms with Gasteiger partial charge in [0.25, 0.3) is 0 Å². The molecule has 0 amide bonds. The number of hydrogen-bond acceptors (Lipinski definition) is 2. The highest BCUT2D eigenvalue weighted by molar-refractivity contribution is 5.44. The Kier molecular flexibility index (Phi) is 3.33. The molecule has 0 aliphatic heterocycles. The average Bonchev–Trinajstić information content (AvgIpc) is 2.14. The summed E-state index contributed by atoms with van der Waals surface area (Å²) in [6.45, 7) is -1.44. The first-order valence-corrected chi connectivity index (χ1v) is 3.80. The zero-order valence-corrected chi connectivity index (χ0v) is 7.26. The van der Waals surface area contributed by atoms with E-state index in [2.05, 4.69) is 4.74 Å². The van der Waals surface area contributed by atoms with Gasteiger partial charge in [-0.25, -0.2) is 0 Å². The van der Waals surface area contributed by atoms with Gasteiger partial charge in [0.15, 0.2) is 6.61 Å². The van der Waals surface area contributed by atoms with E-state index >= 15 is 0 Å². The first kappa shape index (κ1) is 11.5. The number of anilines is 1. The minimum absolute atomic E-state index is 0.113. The minimum atomic E-state index is -4.44. The summed E-state index contributed by atoms with van der Waals surface area (Å²) in [5, 5.41) is -1.15. The van der Waals surface area contributed by atoms with E-state index in [-0.39, 0.29) is 5.75 Å². The zero-order valence-electron chi connectivity index (χ0n) is 7.26. The maximum Gasteiger partial charge on any atom is 0.422 e. The molecule has 0 spiro atoms. The Morgan fingerprint density at radius 2 is 1.60 bits per heavy atom. The van der Waals surface area contributed by atoms with Crippen molar-refractivity contribution in [1.82, 2.24) is 0 Å². The van der Waals surface area contributed by atoms with Gasteiger partial charge in [0.1, 0.15) is 11.4 Å². The van der Waals surface area contributed by atoms with E-state index in [4.69, 9.17) is 0 Å². The Morgan fingerprint density at radius 1 is 1.07 bits per heavy atom. The highest BCUT2D eigenvalue weighted by atomic mass is 19.4. The lowest BCUT2D eigenvalue weighted by Gasteiger charge is -2.09. The summed E-state index contributed by atoms with van der Waals surface area (Å²) >= 11 is 0. The lowest BCUT2D eigenvalue weighted by atomic mass is 10.3. The van der Waals surface area contributed by atoms with Crippen LogP contribution in [0.25, 0.3) is 0 Å². The average molecular weight is 227 g/mol. The van der Waals surface area contributed by atoms with Gasteiger partial charge in [-0.2, -0.15) is 13.2 Å². The van der Waals surface area contributed by atoms with Crippen LogP contribution >= 0.6 is 0 Å². The number of nitrogens with zero attached hydrogens (tertiary/aromatic N) is 1. The third-order valence-electron chi connectivity index (χ3n) is 1.43. The molecule has 0 aromatic heterocycles. The van der Waals surface area contributed by atoms with Gasteiger partial charge >= 0.3 is 6.18 Å². The molecule has 0 radical (unpaired) electrons. The van der Waals surface area contributed by atoms with Crippen LogP contribution in [0.2, 0.25) is 0 Å². The maximum atomic E-state index is 11.9. The quantitative estimate of drug-likeness (QED) is 0.580. The van der Waals surface area contributed by atoms with Crippen molar-refractivity contribution in [3.05, 3.63) is 24.3 Å². The molecule has 2 nitrogen and oxygen atoms in total. The van der Waals surface area contributed by atoms with E-state index in [0.717, 1.165) is 24.3 Å². The molecule has 0 unspecified atom stereocenters. The third kappa shape index (κ3) is 4.01. The number of ether oxygens (including phenoxy) is 1. The molecule has 1 rings (SSSR count). The van der Waals surface area contributed by atoms with Crippen molar-refractivity contribution in [2.24, 2.45) is 0 Å². The number of hydrogen-bond donors (Lipinski definition) is 0. The summed E-state index contributed by atoms with van der Waals surface area (Å²) in [6, 6.07) is 3.97. The first-order chi connectivity index (χ1) is 6.88. The summed E-state index contributed by atoms with van der Waals surface area (Å²) < 4.78 is 63.2. The van der Waals surface area contributed by atoms with E-state index in [9.17, 15) is 22.1 Å². The van der Waals surface area contributed by atoms with Crippen molar-refractivity contribution >= 4 is 5.69 Å². The SMILES string of the molecule is FN(F)c1ccc(OCC(F)(F)F)cc1. The number of halogens is 5. The highest BCUT2D eigenvalue weighted by Crippen LogP contribution is 2.22. The Hall–Kier alpha value is -1.53. The van der Waals surface area contributed by atoms with Crippen LogP contribution in [0.1, 0.15) is 0 Å². The van der Waals surface area contributed by atoms with Gasteiger partial charge < -0.3 is 4.74 Å². The fourth-order valence-electron chi connectivity index (χ4n) is 0.820. The van der Waals surface area contributed by atoms with Gasteiger partial charge in [-0.15, -0.1) is 0 Å². The molecule has 0 saturated carbocycles. The molecule has 0 atom stereocenters. The molecule has 0 bridgehead atoms. The number of alkyl halides is 3. The van der Waals surface area contributed by atoms with Crippen molar-refractivity contribution in [2.75, 3.05) is 12.0 Å². The minimum Gasteiger partial charge on any atom is -0.484 e. The second-order valence-electron chi connectivity index (χ2n) is 2.63. The fourth-order valence-corrected chi connectivity index (χ4v) is 0.820. The van der Waals surface area contributed by atoms with Crippen LogP contribution in [0.5, 0.6) is 5.75 Å². The molecule has 0 aliphatic rings. The van der Waals surface area contributed by atoms with E-state index in [1.807, 2.05) is 0 Å². The lowest BCUT2D eigenvalue weighted by Crippen LogP contribution is -2.19. The Labute approximate surface area is 81.7 Å². The predicted octanol–water partition coefficient (Wildman–Crippen LogP) is 3.20. The molecule has 1 aromatic carbocycles. The summed E-state index contributed by atoms with van der Waals surface area (Å²) in [7, 11) is 0. The third-order valence-corrected chi connectivity index (χ3v) is 1.43. The predicted molar refractivity (Wildman–Crippen MR) is 42.7 cm³/mol. The van der Waals surface area contributed by atoms with Crippen LogP contribution < -0.4 is 10.1 Å². The summed E-state index contributed by atoms with van der Waals surface area (Å²) in [5.74, 6) is -0.113. The summed E-state index contributed by atoms with van der Waals surface area (Å²) in [5.41, 5.74) is -0.422. The Bertz CT molecular complexity index is 308. The van der Waals surface area contributed by atoms with E-state index in [1.165, 1.54) is 0 Å². The molecule has 0 fully saturated rings. The van der Waals surface area contributed by atoms with Crippen LogP contribution in [-0.4, -0.2) is 12.8 Å². The summed E-state index contributed by atoms with van der Waals surface area (Å²) in [4.78, 5) is 0. The highest BCUT2D eigenvalue weighted by Gasteiger charge is 2.28. The first-order valence-electron chi connectivity index (χ1n) is 3.80. The number of rotatable bonds is 3. The molecule has 0 saturated heterocycles. The molecule has 0 N–H and O–H groups in total. The van der Waals surface area contributed by atoms with Crippen LogP contribution in [0.3, 0.4) is 0 Å².